The Bertz CT molecular complexity index is 471. The van der Waals surface area contributed by atoms with Gasteiger partial charge in [-0.1, -0.05) is 33.8 Å². The summed E-state index contributed by atoms with van der Waals surface area (Å²) in [6.45, 7) is 11.9. The van der Waals surface area contributed by atoms with Gasteiger partial charge in [0.25, 0.3) is 0 Å². The van der Waals surface area contributed by atoms with E-state index in [9.17, 15) is 0 Å². The Morgan fingerprint density at radius 1 is 1.06 bits per heavy atom. The van der Waals surface area contributed by atoms with E-state index in [-0.39, 0.29) is 0 Å². The molecule has 0 aliphatic carbocycles. The average molecular weight is 233 g/mol. The molecule has 1 aliphatic heterocycles. The molecule has 0 bridgehead atoms. The Morgan fingerprint density at radius 3 is 2.47 bits per heavy atom. The molecular weight excluding hydrogens is 210 g/mol. The molecule has 0 atom stereocenters. The van der Waals surface area contributed by atoms with Crippen LogP contribution in [0.2, 0.25) is 0 Å². The summed E-state index contributed by atoms with van der Waals surface area (Å²) in [6.07, 6.45) is 2.14. The van der Waals surface area contributed by atoms with Gasteiger partial charge in [-0.25, -0.2) is 0 Å². The molecule has 17 heavy (non-hydrogen) atoms. The summed E-state index contributed by atoms with van der Waals surface area (Å²) in [6, 6.07) is 6.35. The van der Waals surface area contributed by atoms with E-state index in [4.69, 9.17) is 4.74 Å². The second kappa shape index (κ2) is 6.33. The Balaban J connectivity index is 0.000000330. The summed E-state index contributed by atoms with van der Waals surface area (Å²) >= 11 is 0. The predicted octanol–water partition coefficient (Wildman–Crippen LogP) is 4.39. The molecule has 0 amide bonds. The van der Waals surface area contributed by atoms with Gasteiger partial charge in [-0.15, -0.1) is 0 Å². The van der Waals surface area contributed by atoms with Crippen molar-refractivity contribution in [3.8, 4) is 5.75 Å². The van der Waals surface area contributed by atoms with Crippen molar-refractivity contribution in [3.63, 3.8) is 0 Å². The zero-order chi connectivity index (χ0) is 12.8. The Kier molecular flexibility index (Phi) is 5.08. The summed E-state index contributed by atoms with van der Waals surface area (Å²) in [5, 5.41) is 1.32. The first kappa shape index (κ1) is 13.6. The van der Waals surface area contributed by atoms with Crippen LogP contribution in [-0.2, 0) is 6.54 Å². The molecule has 94 valence electrons. The third-order valence-electron chi connectivity index (χ3n) is 2.70. The summed E-state index contributed by atoms with van der Waals surface area (Å²) in [7, 11) is 0. The lowest BCUT2D eigenvalue weighted by molar-refractivity contribution is 0.287. The van der Waals surface area contributed by atoms with Gasteiger partial charge < -0.3 is 9.30 Å². The highest BCUT2D eigenvalue weighted by molar-refractivity contribution is 5.89. The fourth-order valence-corrected chi connectivity index (χ4v) is 1.99. The fraction of sp³-hybridized carbons (Fsp3) is 0.467. The van der Waals surface area contributed by atoms with Crippen LogP contribution >= 0.6 is 0 Å². The second-order valence-corrected chi connectivity index (χ2v) is 3.50. The number of benzene rings is 1. The van der Waals surface area contributed by atoms with E-state index in [2.05, 4.69) is 35.9 Å². The maximum atomic E-state index is 5.59. The minimum atomic E-state index is 0.792. The van der Waals surface area contributed by atoms with E-state index in [1.54, 1.807) is 0 Å². The van der Waals surface area contributed by atoms with Crippen LogP contribution in [0, 0.1) is 6.92 Å². The number of rotatable bonds is 0. The Hall–Kier alpha value is -1.44. The van der Waals surface area contributed by atoms with Gasteiger partial charge in [-0.2, -0.15) is 0 Å². The lowest BCUT2D eigenvalue weighted by Crippen LogP contribution is -2.13. The van der Waals surface area contributed by atoms with Crippen LogP contribution in [0.15, 0.2) is 24.4 Å². The SMILES string of the molecule is CC.CC.Cc1ccc2c3c1ccn3CCO2. The quantitative estimate of drug-likeness (QED) is 0.658. The van der Waals surface area contributed by atoms with Crippen LogP contribution in [0.5, 0.6) is 5.75 Å². The molecule has 0 N–H and O–H groups in total. The molecule has 1 aromatic heterocycles. The van der Waals surface area contributed by atoms with Gasteiger partial charge in [0.05, 0.1) is 12.1 Å². The first-order chi connectivity index (χ1) is 8.36. The highest BCUT2D eigenvalue weighted by Gasteiger charge is 2.13. The summed E-state index contributed by atoms with van der Waals surface area (Å²) in [5.41, 5.74) is 2.58. The molecule has 0 radical (unpaired) electrons. The largest absolute Gasteiger partial charge is 0.490 e. The first-order valence-corrected chi connectivity index (χ1v) is 6.57. The van der Waals surface area contributed by atoms with E-state index in [1.165, 1.54) is 16.5 Å². The molecule has 0 saturated heterocycles. The van der Waals surface area contributed by atoms with Crippen molar-refractivity contribution in [1.29, 1.82) is 0 Å². The van der Waals surface area contributed by atoms with Crippen LogP contribution in [-0.4, -0.2) is 11.2 Å². The Labute approximate surface area is 104 Å². The van der Waals surface area contributed by atoms with Crippen molar-refractivity contribution >= 4 is 10.9 Å². The fourth-order valence-electron chi connectivity index (χ4n) is 1.99. The molecule has 2 heteroatoms. The minimum absolute atomic E-state index is 0.792. The van der Waals surface area contributed by atoms with E-state index in [0.717, 1.165) is 18.9 Å². The number of hydrogen-bond acceptors (Lipinski definition) is 1. The van der Waals surface area contributed by atoms with E-state index < -0.39 is 0 Å². The maximum Gasteiger partial charge on any atom is 0.143 e. The van der Waals surface area contributed by atoms with E-state index in [1.807, 2.05) is 27.7 Å². The summed E-state index contributed by atoms with van der Waals surface area (Å²) < 4.78 is 7.85. The van der Waals surface area contributed by atoms with Crippen LogP contribution in [0.3, 0.4) is 0 Å². The molecule has 0 spiro atoms. The van der Waals surface area contributed by atoms with Crippen molar-refractivity contribution < 1.29 is 4.74 Å². The van der Waals surface area contributed by atoms with Gasteiger partial charge in [0.15, 0.2) is 0 Å². The van der Waals surface area contributed by atoms with E-state index in [0.29, 0.717) is 0 Å². The molecule has 2 aromatic rings. The van der Waals surface area contributed by atoms with Gasteiger partial charge in [-0.3, -0.25) is 0 Å². The summed E-state index contributed by atoms with van der Waals surface area (Å²) in [4.78, 5) is 0. The van der Waals surface area contributed by atoms with Gasteiger partial charge in [0, 0.05) is 11.6 Å². The van der Waals surface area contributed by atoms with Crippen LogP contribution in [0.1, 0.15) is 33.3 Å². The van der Waals surface area contributed by atoms with Crippen molar-refractivity contribution in [1.82, 2.24) is 4.57 Å². The minimum Gasteiger partial charge on any atom is -0.490 e. The predicted molar refractivity (Wildman–Crippen MR) is 74.9 cm³/mol. The van der Waals surface area contributed by atoms with Gasteiger partial charge >= 0.3 is 0 Å². The Morgan fingerprint density at radius 2 is 1.76 bits per heavy atom. The van der Waals surface area contributed by atoms with Gasteiger partial charge in [0.2, 0.25) is 0 Å². The molecule has 1 aliphatic rings. The molecule has 0 saturated carbocycles. The van der Waals surface area contributed by atoms with Crippen molar-refractivity contribution in [2.24, 2.45) is 0 Å². The first-order valence-electron chi connectivity index (χ1n) is 6.57. The number of aromatic nitrogens is 1. The van der Waals surface area contributed by atoms with Crippen LogP contribution in [0.4, 0.5) is 0 Å². The highest BCUT2D eigenvalue weighted by atomic mass is 16.5. The normalized spacial score (nSPS) is 11.8. The summed E-state index contributed by atoms with van der Waals surface area (Å²) in [5.74, 6) is 1.02. The zero-order valence-electron chi connectivity index (χ0n) is 11.6. The number of nitrogens with zero attached hydrogens (tertiary/aromatic N) is 1. The van der Waals surface area contributed by atoms with E-state index >= 15 is 0 Å². The maximum absolute atomic E-state index is 5.59. The zero-order valence-corrected chi connectivity index (χ0v) is 11.6. The third-order valence-corrected chi connectivity index (χ3v) is 2.70. The van der Waals surface area contributed by atoms with Gasteiger partial charge in [-0.05, 0) is 24.6 Å². The smallest absolute Gasteiger partial charge is 0.143 e. The lowest BCUT2D eigenvalue weighted by Gasteiger charge is -2.17. The lowest BCUT2D eigenvalue weighted by atomic mass is 10.1. The van der Waals surface area contributed by atoms with Crippen molar-refractivity contribution in [2.45, 2.75) is 41.2 Å². The van der Waals surface area contributed by atoms with Gasteiger partial charge in [0.1, 0.15) is 12.4 Å². The highest BCUT2D eigenvalue weighted by Crippen LogP contribution is 2.31. The number of ether oxygens (including phenoxy) is 1. The average Bonchev–Trinajstić information content (AvgIpc) is 2.85. The van der Waals surface area contributed by atoms with Crippen molar-refractivity contribution in [3.05, 3.63) is 30.0 Å². The number of hydrogen-bond donors (Lipinski definition) is 0. The second-order valence-electron chi connectivity index (χ2n) is 3.50. The third kappa shape index (κ3) is 2.46. The molecule has 0 fully saturated rings. The van der Waals surface area contributed by atoms with Crippen molar-refractivity contribution in [2.75, 3.05) is 6.61 Å². The topological polar surface area (TPSA) is 14.2 Å². The van der Waals surface area contributed by atoms with Crippen LogP contribution < -0.4 is 4.74 Å². The standard InChI is InChI=1S/C11H11NO.2C2H6/c1-8-2-3-10-11-9(8)4-5-12(11)6-7-13-10;2*1-2/h2-5H,6-7H2,1H3;2*1-2H3. The molecule has 0 unspecified atom stereocenters. The molecule has 2 nitrogen and oxygen atoms in total. The molecule has 2 heterocycles. The molecule has 3 rings (SSSR count). The van der Waals surface area contributed by atoms with Crippen LogP contribution in [0.25, 0.3) is 10.9 Å². The molecular formula is C15H23NO. The monoisotopic (exact) mass is 233 g/mol. The molecule has 1 aromatic carbocycles. The number of aryl methyl sites for hydroxylation is 1.